The molecule has 0 amide bonds. The van der Waals surface area contributed by atoms with Gasteiger partial charge in [-0.15, -0.1) is 0 Å². The van der Waals surface area contributed by atoms with E-state index in [2.05, 4.69) is 36.9 Å². The van der Waals surface area contributed by atoms with Crippen molar-refractivity contribution in [3.05, 3.63) is 35.4 Å². The molecule has 1 aliphatic carbocycles. The molecule has 0 saturated heterocycles. The average Bonchev–Trinajstić information content (AvgIpc) is 2.30. The maximum atomic E-state index is 11.7. The Morgan fingerprint density at radius 3 is 2.53 bits per heavy atom. The molecular weight excluding hydrogens is 204 g/mol. The summed E-state index contributed by atoms with van der Waals surface area (Å²) in [7, 11) is 0. The summed E-state index contributed by atoms with van der Waals surface area (Å²) in [6, 6.07) is 8.31. The van der Waals surface area contributed by atoms with Gasteiger partial charge < -0.3 is 0 Å². The van der Waals surface area contributed by atoms with Gasteiger partial charge in [-0.1, -0.05) is 30.7 Å². The van der Waals surface area contributed by atoms with Crippen LogP contribution in [0.25, 0.3) is 0 Å². The lowest BCUT2D eigenvalue weighted by molar-refractivity contribution is -0.121. The molecule has 0 N–H and O–H groups in total. The van der Waals surface area contributed by atoms with Crippen molar-refractivity contribution in [2.45, 2.75) is 37.4 Å². The zero-order valence-electron chi connectivity index (χ0n) is 8.78. The number of hydrogen-bond donors (Lipinski definition) is 1. The standard InChI is InChI=1S/C13H16OS/c14-13-4-2-1-3-12(13)11-7-5-10(9-15)6-8-11/h5-8,12,15H,1-4,9H2. The van der Waals surface area contributed by atoms with E-state index in [9.17, 15) is 4.79 Å². The third kappa shape index (κ3) is 2.43. The third-order valence-corrected chi connectivity index (χ3v) is 3.48. The quantitative estimate of drug-likeness (QED) is 0.756. The van der Waals surface area contributed by atoms with Crippen LogP contribution in [0.15, 0.2) is 24.3 Å². The van der Waals surface area contributed by atoms with Gasteiger partial charge in [0.15, 0.2) is 0 Å². The highest BCUT2D eigenvalue weighted by Crippen LogP contribution is 2.29. The molecule has 1 aromatic carbocycles. The van der Waals surface area contributed by atoms with Gasteiger partial charge in [0.2, 0.25) is 0 Å². The fourth-order valence-electron chi connectivity index (χ4n) is 2.19. The predicted molar refractivity (Wildman–Crippen MR) is 65.3 cm³/mol. The first kappa shape index (κ1) is 10.7. The van der Waals surface area contributed by atoms with Gasteiger partial charge in [-0.25, -0.2) is 0 Å². The molecule has 0 heterocycles. The second-order valence-electron chi connectivity index (χ2n) is 4.16. The number of rotatable bonds is 2. The zero-order valence-corrected chi connectivity index (χ0v) is 9.67. The van der Waals surface area contributed by atoms with Crippen molar-refractivity contribution in [1.82, 2.24) is 0 Å². The van der Waals surface area contributed by atoms with Crippen LogP contribution in [0.4, 0.5) is 0 Å². The maximum Gasteiger partial charge on any atom is 0.140 e. The Labute approximate surface area is 96.3 Å². The summed E-state index contributed by atoms with van der Waals surface area (Å²) in [5.74, 6) is 1.34. The van der Waals surface area contributed by atoms with Crippen LogP contribution in [-0.2, 0) is 10.5 Å². The van der Waals surface area contributed by atoms with Crippen molar-refractivity contribution in [2.24, 2.45) is 0 Å². The van der Waals surface area contributed by atoms with E-state index >= 15 is 0 Å². The molecule has 0 radical (unpaired) electrons. The molecule has 0 aliphatic heterocycles. The minimum absolute atomic E-state index is 0.160. The van der Waals surface area contributed by atoms with Gasteiger partial charge in [0.25, 0.3) is 0 Å². The van der Waals surface area contributed by atoms with Crippen molar-refractivity contribution < 1.29 is 4.79 Å². The highest BCUT2D eigenvalue weighted by atomic mass is 32.1. The van der Waals surface area contributed by atoms with Crippen molar-refractivity contribution >= 4 is 18.4 Å². The van der Waals surface area contributed by atoms with E-state index in [0.717, 1.165) is 25.0 Å². The first-order chi connectivity index (χ1) is 7.31. The number of hydrogen-bond acceptors (Lipinski definition) is 2. The Morgan fingerprint density at radius 2 is 1.93 bits per heavy atom. The lowest BCUT2D eigenvalue weighted by Gasteiger charge is -2.20. The molecule has 1 saturated carbocycles. The van der Waals surface area contributed by atoms with E-state index in [0.29, 0.717) is 5.78 Å². The Hall–Kier alpha value is -0.760. The molecule has 0 aromatic heterocycles. The normalized spacial score (nSPS) is 21.7. The molecule has 15 heavy (non-hydrogen) atoms. The third-order valence-electron chi connectivity index (χ3n) is 3.12. The average molecular weight is 220 g/mol. The summed E-state index contributed by atoms with van der Waals surface area (Å²) in [5.41, 5.74) is 2.40. The number of ketones is 1. The van der Waals surface area contributed by atoms with Crippen LogP contribution < -0.4 is 0 Å². The smallest absolute Gasteiger partial charge is 0.140 e. The van der Waals surface area contributed by atoms with Gasteiger partial charge in [0.05, 0.1) is 0 Å². The molecule has 1 fully saturated rings. The molecule has 1 nitrogen and oxygen atoms in total. The lowest BCUT2D eigenvalue weighted by atomic mass is 9.83. The molecule has 1 unspecified atom stereocenters. The van der Waals surface area contributed by atoms with E-state index in [4.69, 9.17) is 0 Å². The Morgan fingerprint density at radius 1 is 1.20 bits per heavy atom. The van der Waals surface area contributed by atoms with Gasteiger partial charge in [0, 0.05) is 18.1 Å². The number of thiol groups is 1. The van der Waals surface area contributed by atoms with Crippen molar-refractivity contribution in [3.8, 4) is 0 Å². The van der Waals surface area contributed by atoms with Gasteiger partial charge in [-0.3, -0.25) is 4.79 Å². The molecular formula is C13H16OS. The molecule has 2 rings (SSSR count). The first-order valence-electron chi connectivity index (χ1n) is 5.53. The summed E-state index contributed by atoms with van der Waals surface area (Å²) < 4.78 is 0. The number of Topliss-reactive ketones (excluding diaryl/α,β-unsaturated/α-hetero) is 1. The van der Waals surface area contributed by atoms with Crippen LogP contribution >= 0.6 is 12.6 Å². The first-order valence-corrected chi connectivity index (χ1v) is 6.17. The predicted octanol–water partition coefficient (Wildman–Crippen LogP) is 3.34. The second-order valence-corrected chi connectivity index (χ2v) is 4.48. The van der Waals surface area contributed by atoms with Crippen molar-refractivity contribution in [1.29, 1.82) is 0 Å². The molecule has 1 aliphatic rings. The van der Waals surface area contributed by atoms with Gasteiger partial charge in [0.1, 0.15) is 5.78 Å². The van der Waals surface area contributed by atoms with Crippen LogP contribution in [0, 0.1) is 0 Å². The van der Waals surface area contributed by atoms with Crippen LogP contribution in [0.3, 0.4) is 0 Å². The molecule has 0 spiro atoms. The molecule has 1 aromatic rings. The summed E-state index contributed by atoms with van der Waals surface area (Å²) in [6.45, 7) is 0. The van der Waals surface area contributed by atoms with E-state index in [1.807, 2.05) is 0 Å². The maximum absolute atomic E-state index is 11.7. The SMILES string of the molecule is O=C1CCCCC1c1ccc(CS)cc1. The topological polar surface area (TPSA) is 17.1 Å². The summed E-state index contributed by atoms with van der Waals surface area (Å²) >= 11 is 4.22. The van der Waals surface area contributed by atoms with Crippen LogP contribution in [0.5, 0.6) is 0 Å². The van der Waals surface area contributed by atoms with Gasteiger partial charge >= 0.3 is 0 Å². The molecule has 80 valence electrons. The molecule has 0 bridgehead atoms. The highest BCUT2D eigenvalue weighted by molar-refractivity contribution is 7.79. The Balaban J connectivity index is 2.17. The van der Waals surface area contributed by atoms with Gasteiger partial charge in [-0.2, -0.15) is 12.6 Å². The van der Waals surface area contributed by atoms with E-state index in [-0.39, 0.29) is 5.92 Å². The summed E-state index contributed by atoms with van der Waals surface area (Å²) in [6.07, 6.45) is 4.05. The lowest BCUT2D eigenvalue weighted by Crippen LogP contribution is -2.16. The molecule has 2 heteroatoms. The second kappa shape index (κ2) is 4.84. The summed E-state index contributed by atoms with van der Waals surface area (Å²) in [4.78, 5) is 11.7. The van der Waals surface area contributed by atoms with Crippen LogP contribution in [-0.4, -0.2) is 5.78 Å². The number of carbonyl (C=O) groups excluding carboxylic acids is 1. The Kier molecular flexibility index (Phi) is 3.47. The number of carbonyl (C=O) groups is 1. The summed E-state index contributed by atoms with van der Waals surface area (Å²) in [5, 5.41) is 0. The van der Waals surface area contributed by atoms with E-state index in [1.165, 1.54) is 17.5 Å². The van der Waals surface area contributed by atoms with E-state index < -0.39 is 0 Å². The Bertz CT molecular complexity index is 342. The molecule has 1 atom stereocenters. The van der Waals surface area contributed by atoms with Gasteiger partial charge in [-0.05, 0) is 24.0 Å². The fourth-order valence-corrected chi connectivity index (χ4v) is 2.40. The largest absolute Gasteiger partial charge is 0.299 e. The van der Waals surface area contributed by atoms with Crippen molar-refractivity contribution in [2.75, 3.05) is 0 Å². The highest BCUT2D eigenvalue weighted by Gasteiger charge is 2.23. The van der Waals surface area contributed by atoms with Crippen LogP contribution in [0.1, 0.15) is 42.7 Å². The van der Waals surface area contributed by atoms with E-state index in [1.54, 1.807) is 0 Å². The minimum Gasteiger partial charge on any atom is -0.299 e. The van der Waals surface area contributed by atoms with Crippen LogP contribution in [0.2, 0.25) is 0 Å². The monoisotopic (exact) mass is 220 g/mol. The fraction of sp³-hybridized carbons (Fsp3) is 0.462. The zero-order chi connectivity index (χ0) is 10.7. The minimum atomic E-state index is 0.160. The number of benzene rings is 1. The van der Waals surface area contributed by atoms with Crippen molar-refractivity contribution in [3.63, 3.8) is 0 Å².